The minimum absolute atomic E-state index is 0.472. The van der Waals surface area contributed by atoms with E-state index in [1.165, 1.54) is 11.3 Å². The number of thiazole rings is 1. The van der Waals surface area contributed by atoms with Crippen LogP contribution in [0, 0.1) is 3.57 Å². The minimum Gasteiger partial charge on any atom is -0.378 e. The average molecular weight is 390 g/mol. The molecule has 0 fully saturated rings. The van der Waals surface area contributed by atoms with Gasteiger partial charge in [0.1, 0.15) is 5.82 Å². The van der Waals surface area contributed by atoms with Gasteiger partial charge in [0, 0.05) is 25.2 Å². The van der Waals surface area contributed by atoms with Crippen LogP contribution in [0.25, 0.3) is 10.8 Å². The number of nitrogens with zero attached hydrogens (tertiary/aromatic N) is 3. The topological polar surface area (TPSA) is 59.9 Å². The fraction of sp³-hybridized carbons (Fsp3) is 0.417. The molecule has 19 heavy (non-hydrogen) atoms. The quantitative estimate of drug-likeness (QED) is 0.768. The maximum Gasteiger partial charge on any atom is 0.191 e. The Labute approximate surface area is 130 Å². The van der Waals surface area contributed by atoms with Crippen molar-refractivity contribution in [2.24, 2.45) is 0 Å². The number of aromatic nitrogens is 3. The molecule has 2 aromatic rings. The molecule has 5 nitrogen and oxygen atoms in total. The highest BCUT2D eigenvalue weighted by molar-refractivity contribution is 14.1. The highest BCUT2D eigenvalue weighted by atomic mass is 127. The Morgan fingerprint density at radius 3 is 2.89 bits per heavy atom. The second-order valence-electron chi connectivity index (χ2n) is 3.85. The fourth-order valence-electron chi connectivity index (χ4n) is 1.52. The predicted molar refractivity (Wildman–Crippen MR) is 85.4 cm³/mol. The van der Waals surface area contributed by atoms with Gasteiger partial charge in [-0.05, 0) is 29.0 Å². The van der Waals surface area contributed by atoms with Crippen LogP contribution in [0.3, 0.4) is 0 Å². The van der Waals surface area contributed by atoms with E-state index in [1.807, 2.05) is 5.38 Å². The molecule has 0 aliphatic heterocycles. The van der Waals surface area contributed by atoms with Gasteiger partial charge in [0.25, 0.3) is 0 Å². The first-order chi connectivity index (χ1) is 9.26. The van der Waals surface area contributed by atoms with Crippen LogP contribution in [0.15, 0.2) is 11.6 Å². The zero-order chi connectivity index (χ0) is 13.7. The first kappa shape index (κ1) is 14.6. The predicted octanol–water partition coefficient (Wildman–Crippen LogP) is 3.17. The molecule has 0 bridgehead atoms. The summed E-state index contributed by atoms with van der Waals surface area (Å²) in [6, 6.07) is 0. The smallest absolute Gasteiger partial charge is 0.191 e. The van der Waals surface area contributed by atoms with E-state index in [-0.39, 0.29) is 0 Å². The third-order valence-corrected chi connectivity index (χ3v) is 4.27. The summed E-state index contributed by atoms with van der Waals surface area (Å²) in [7, 11) is 1.67. The maximum absolute atomic E-state index is 5.20. The lowest BCUT2D eigenvalue weighted by atomic mass is 10.3. The van der Waals surface area contributed by atoms with Crippen molar-refractivity contribution in [2.45, 2.75) is 20.0 Å². The van der Waals surface area contributed by atoms with Gasteiger partial charge < -0.3 is 10.1 Å². The molecule has 0 aliphatic carbocycles. The molecule has 0 radical (unpaired) electrons. The van der Waals surface area contributed by atoms with E-state index >= 15 is 0 Å². The molecule has 0 amide bonds. The average Bonchev–Trinajstić information content (AvgIpc) is 2.94. The number of nitrogens with one attached hydrogen (secondary N) is 1. The summed E-state index contributed by atoms with van der Waals surface area (Å²) in [6.07, 6.45) is 2.81. The zero-order valence-corrected chi connectivity index (χ0v) is 13.8. The first-order valence-electron chi connectivity index (χ1n) is 5.95. The van der Waals surface area contributed by atoms with Gasteiger partial charge in [0.05, 0.1) is 15.9 Å². The number of anilines is 1. The molecule has 2 heterocycles. The molecule has 1 N–H and O–H groups in total. The van der Waals surface area contributed by atoms with Crippen molar-refractivity contribution in [1.82, 2.24) is 15.0 Å². The SMILES string of the molecule is CCCNc1nc(-c2nccs2)nc(COC)c1I. The molecule has 0 aliphatic rings. The van der Waals surface area contributed by atoms with Gasteiger partial charge in [-0.2, -0.15) is 0 Å². The van der Waals surface area contributed by atoms with Gasteiger partial charge in [-0.1, -0.05) is 6.92 Å². The largest absolute Gasteiger partial charge is 0.378 e. The maximum atomic E-state index is 5.20. The number of hydrogen-bond acceptors (Lipinski definition) is 6. The third-order valence-electron chi connectivity index (χ3n) is 2.37. The molecule has 2 rings (SSSR count). The Hall–Kier alpha value is -0.800. The van der Waals surface area contributed by atoms with Crippen molar-refractivity contribution in [3.63, 3.8) is 0 Å². The van der Waals surface area contributed by atoms with Gasteiger partial charge in [-0.3, -0.25) is 0 Å². The molecule has 0 saturated carbocycles. The van der Waals surface area contributed by atoms with Gasteiger partial charge in [-0.25, -0.2) is 15.0 Å². The summed E-state index contributed by atoms with van der Waals surface area (Å²) in [5, 5.41) is 6.08. The van der Waals surface area contributed by atoms with Crippen LogP contribution in [-0.4, -0.2) is 28.6 Å². The van der Waals surface area contributed by atoms with Crippen LogP contribution in [0.1, 0.15) is 19.0 Å². The molecule has 0 unspecified atom stereocenters. The van der Waals surface area contributed by atoms with Crippen LogP contribution in [-0.2, 0) is 11.3 Å². The molecular weight excluding hydrogens is 375 g/mol. The fourth-order valence-corrected chi connectivity index (χ4v) is 2.67. The van der Waals surface area contributed by atoms with Crippen molar-refractivity contribution in [2.75, 3.05) is 19.0 Å². The summed E-state index contributed by atoms with van der Waals surface area (Å²) < 4.78 is 6.21. The highest BCUT2D eigenvalue weighted by Crippen LogP contribution is 2.25. The summed E-state index contributed by atoms with van der Waals surface area (Å²) in [5.74, 6) is 1.51. The van der Waals surface area contributed by atoms with Crippen molar-refractivity contribution in [3.8, 4) is 10.8 Å². The van der Waals surface area contributed by atoms with E-state index in [4.69, 9.17) is 4.74 Å². The molecule has 0 aromatic carbocycles. The molecule has 2 aromatic heterocycles. The Balaban J connectivity index is 2.41. The second-order valence-corrected chi connectivity index (χ2v) is 5.83. The number of rotatable bonds is 6. The van der Waals surface area contributed by atoms with E-state index in [0.29, 0.717) is 12.4 Å². The lowest BCUT2D eigenvalue weighted by Crippen LogP contribution is -2.09. The van der Waals surface area contributed by atoms with Crippen molar-refractivity contribution in [3.05, 3.63) is 20.8 Å². The van der Waals surface area contributed by atoms with Gasteiger partial charge >= 0.3 is 0 Å². The van der Waals surface area contributed by atoms with Crippen LogP contribution >= 0.6 is 33.9 Å². The van der Waals surface area contributed by atoms with E-state index in [9.17, 15) is 0 Å². The number of methoxy groups -OCH3 is 1. The molecule has 0 atom stereocenters. The summed E-state index contributed by atoms with van der Waals surface area (Å²) >= 11 is 3.79. The van der Waals surface area contributed by atoms with Gasteiger partial charge in [0.2, 0.25) is 0 Å². The lowest BCUT2D eigenvalue weighted by Gasteiger charge is -2.11. The first-order valence-corrected chi connectivity index (χ1v) is 7.91. The van der Waals surface area contributed by atoms with E-state index in [1.54, 1.807) is 13.3 Å². The molecule has 7 heteroatoms. The number of hydrogen-bond donors (Lipinski definition) is 1. The Morgan fingerprint density at radius 1 is 1.42 bits per heavy atom. The monoisotopic (exact) mass is 390 g/mol. The lowest BCUT2D eigenvalue weighted by molar-refractivity contribution is 0.181. The molecule has 102 valence electrons. The molecule has 0 spiro atoms. The Bertz CT molecular complexity index is 533. The van der Waals surface area contributed by atoms with Crippen molar-refractivity contribution in [1.29, 1.82) is 0 Å². The van der Waals surface area contributed by atoms with Crippen LogP contribution in [0.5, 0.6) is 0 Å². The summed E-state index contributed by atoms with van der Waals surface area (Å²) in [6.45, 7) is 3.48. The minimum atomic E-state index is 0.472. The van der Waals surface area contributed by atoms with E-state index < -0.39 is 0 Å². The number of ether oxygens (including phenoxy) is 1. The summed E-state index contributed by atoms with van der Waals surface area (Å²) in [5.41, 5.74) is 0.891. The van der Waals surface area contributed by atoms with E-state index in [2.05, 4.69) is 49.8 Å². The highest BCUT2D eigenvalue weighted by Gasteiger charge is 2.14. The standard InChI is InChI=1S/C12H15IN4OS/c1-3-4-14-10-9(13)8(7-18-2)16-11(17-10)12-15-5-6-19-12/h5-6H,3-4,7H2,1-2H3,(H,14,16,17). The molecular formula is C12H15IN4OS. The van der Waals surface area contributed by atoms with Gasteiger partial charge in [-0.15, -0.1) is 11.3 Å². The van der Waals surface area contributed by atoms with Crippen LogP contribution in [0.4, 0.5) is 5.82 Å². The van der Waals surface area contributed by atoms with Crippen molar-refractivity contribution < 1.29 is 4.74 Å². The van der Waals surface area contributed by atoms with Crippen LogP contribution in [0.2, 0.25) is 0 Å². The second kappa shape index (κ2) is 7.11. The third kappa shape index (κ3) is 3.61. The zero-order valence-electron chi connectivity index (χ0n) is 10.8. The van der Waals surface area contributed by atoms with E-state index in [0.717, 1.165) is 33.1 Å². The summed E-state index contributed by atoms with van der Waals surface area (Å²) in [4.78, 5) is 13.4. The van der Waals surface area contributed by atoms with Gasteiger partial charge in [0.15, 0.2) is 10.8 Å². The Morgan fingerprint density at radius 2 is 2.26 bits per heavy atom. The molecule has 0 saturated heterocycles. The normalized spacial score (nSPS) is 10.7. The number of halogens is 1. The Kier molecular flexibility index (Phi) is 5.46. The van der Waals surface area contributed by atoms with Crippen LogP contribution < -0.4 is 5.32 Å². The van der Waals surface area contributed by atoms with Crippen molar-refractivity contribution >= 4 is 39.7 Å².